The predicted octanol–water partition coefficient (Wildman–Crippen LogP) is 3.09. The number of anilines is 1. The number of fused-ring (bicyclic) bond motifs is 1. The first kappa shape index (κ1) is 15.5. The molecule has 2 aromatic carbocycles. The molecule has 0 aromatic heterocycles. The highest BCUT2D eigenvalue weighted by Gasteiger charge is 2.39. The SMILES string of the molecule is Cc1ccc(F)cc1NC(=O)NC1(CO)CCc2ccccc21. The van der Waals surface area contributed by atoms with Crippen molar-refractivity contribution in [2.75, 3.05) is 11.9 Å². The second-order valence-corrected chi connectivity index (χ2v) is 5.94. The topological polar surface area (TPSA) is 61.4 Å². The van der Waals surface area contributed by atoms with E-state index in [1.807, 2.05) is 24.3 Å². The molecule has 0 radical (unpaired) electrons. The average Bonchev–Trinajstić information content (AvgIpc) is 2.90. The molecular weight excluding hydrogens is 295 g/mol. The molecule has 3 N–H and O–H groups in total. The highest BCUT2D eigenvalue weighted by molar-refractivity contribution is 5.90. The van der Waals surface area contributed by atoms with Crippen molar-refractivity contribution in [3.63, 3.8) is 0 Å². The number of rotatable bonds is 3. The summed E-state index contributed by atoms with van der Waals surface area (Å²) < 4.78 is 13.3. The maximum Gasteiger partial charge on any atom is 0.320 e. The van der Waals surface area contributed by atoms with Crippen LogP contribution in [-0.4, -0.2) is 17.7 Å². The second-order valence-electron chi connectivity index (χ2n) is 5.94. The van der Waals surface area contributed by atoms with Crippen LogP contribution in [0.4, 0.5) is 14.9 Å². The minimum absolute atomic E-state index is 0.181. The van der Waals surface area contributed by atoms with Gasteiger partial charge in [-0.15, -0.1) is 0 Å². The first-order valence-electron chi connectivity index (χ1n) is 7.59. The van der Waals surface area contributed by atoms with E-state index in [1.54, 1.807) is 13.0 Å². The van der Waals surface area contributed by atoms with Gasteiger partial charge in [0.15, 0.2) is 0 Å². The summed E-state index contributed by atoms with van der Waals surface area (Å²) in [6.07, 6.45) is 1.44. The molecule has 0 heterocycles. The van der Waals surface area contributed by atoms with E-state index in [0.29, 0.717) is 12.1 Å². The zero-order valence-corrected chi connectivity index (χ0v) is 12.9. The molecule has 0 saturated heterocycles. The van der Waals surface area contributed by atoms with Crippen LogP contribution in [0.3, 0.4) is 0 Å². The van der Waals surface area contributed by atoms with Crippen LogP contribution in [0.2, 0.25) is 0 Å². The molecule has 23 heavy (non-hydrogen) atoms. The van der Waals surface area contributed by atoms with Crippen molar-refractivity contribution in [3.8, 4) is 0 Å². The molecule has 2 aromatic rings. The molecule has 0 spiro atoms. The monoisotopic (exact) mass is 314 g/mol. The van der Waals surface area contributed by atoms with Crippen molar-refractivity contribution in [3.05, 3.63) is 65.0 Å². The second kappa shape index (κ2) is 6.01. The predicted molar refractivity (Wildman–Crippen MR) is 86.8 cm³/mol. The van der Waals surface area contributed by atoms with Crippen molar-refractivity contribution in [1.29, 1.82) is 0 Å². The zero-order chi connectivity index (χ0) is 16.4. The lowest BCUT2D eigenvalue weighted by atomic mass is 9.93. The lowest BCUT2D eigenvalue weighted by Gasteiger charge is -2.29. The molecule has 1 aliphatic rings. The lowest BCUT2D eigenvalue weighted by molar-refractivity contribution is 0.164. The maximum absolute atomic E-state index is 13.3. The number of carbonyl (C=O) groups is 1. The Kier molecular flexibility index (Phi) is 4.05. The Morgan fingerprint density at radius 1 is 1.30 bits per heavy atom. The van der Waals surface area contributed by atoms with E-state index in [4.69, 9.17) is 0 Å². The molecule has 1 atom stereocenters. The van der Waals surface area contributed by atoms with Crippen LogP contribution in [0.25, 0.3) is 0 Å². The molecule has 1 unspecified atom stereocenters. The molecule has 3 rings (SSSR count). The number of nitrogens with one attached hydrogen (secondary N) is 2. The van der Waals surface area contributed by atoms with Crippen LogP contribution in [0.5, 0.6) is 0 Å². The van der Waals surface area contributed by atoms with Crippen LogP contribution in [0, 0.1) is 12.7 Å². The summed E-state index contributed by atoms with van der Waals surface area (Å²) in [6.45, 7) is 1.61. The molecule has 4 nitrogen and oxygen atoms in total. The fourth-order valence-corrected chi connectivity index (χ4v) is 3.12. The molecule has 1 aliphatic carbocycles. The van der Waals surface area contributed by atoms with Crippen LogP contribution in [-0.2, 0) is 12.0 Å². The number of aliphatic hydroxyl groups is 1. The van der Waals surface area contributed by atoms with Gasteiger partial charge in [0.2, 0.25) is 0 Å². The van der Waals surface area contributed by atoms with E-state index in [-0.39, 0.29) is 6.61 Å². The van der Waals surface area contributed by atoms with Gasteiger partial charge in [0.05, 0.1) is 12.1 Å². The summed E-state index contributed by atoms with van der Waals surface area (Å²) in [4.78, 5) is 12.4. The standard InChI is InChI=1S/C18H19FN2O2/c1-12-6-7-14(19)10-16(12)20-17(23)21-18(11-22)9-8-13-4-2-3-5-15(13)18/h2-7,10,22H,8-9,11H2,1H3,(H2,20,21,23). The highest BCUT2D eigenvalue weighted by atomic mass is 19.1. The molecule has 120 valence electrons. The van der Waals surface area contributed by atoms with E-state index in [2.05, 4.69) is 10.6 Å². The van der Waals surface area contributed by atoms with E-state index >= 15 is 0 Å². The van der Waals surface area contributed by atoms with Crippen molar-refractivity contribution >= 4 is 11.7 Å². The highest BCUT2D eigenvalue weighted by Crippen LogP contribution is 2.36. The minimum atomic E-state index is -0.790. The van der Waals surface area contributed by atoms with Gasteiger partial charge in [-0.05, 0) is 48.6 Å². The summed E-state index contributed by atoms with van der Waals surface area (Å²) in [5.41, 5.74) is 2.47. The van der Waals surface area contributed by atoms with Gasteiger partial charge in [-0.25, -0.2) is 9.18 Å². The Hall–Kier alpha value is -2.40. The van der Waals surface area contributed by atoms with Gasteiger partial charge in [0.25, 0.3) is 0 Å². The smallest absolute Gasteiger partial charge is 0.320 e. The van der Waals surface area contributed by atoms with Crippen LogP contribution < -0.4 is 10.6 Å². The first-order valence-corrected chi connectivity index (χ1v) is 7.59. The van der Waals surface area contributed by atoms with E-state index < -0.39 is 17.4 Å². The number of hydrogen-bond acceptors (Lipinski definition) is 2. The number of aliphatic hydroxyl groups excluding tert-OH is 1. The van der Waals surface area contributed by atoms with Crippen molar-refractivity contribution in [2.24, 2.45) is 0 Å². The lowest BCUT2D eigenvalue weighted by Crippen LogP contribution is -2.49. The molecule has 0 bridgehead atoms. The molecule has 0 aliphatic heterocycles. The molecule has 5 heteroatoms. The number of benzene rings is 2. The van der Waals surface area contributed by atoms with E-state index in [1.165, 1.54) is 12.1 Å². The number of carbonyl (C=O) groups excluding carboxylic acids is 1. The fraction of sp³-hybridized carbons (Fsp3) is 0.278. The molecular formula is C18H19FN2O2. The third-order valence-electron chi connectivity index (χ3n) is 4.42. The zero-order valence-electron chi connectivity index (χ0n) is 12.9. The Bertz CT molecular complexity index is 748. The van der Waals surface area contributed by atoms with Gasteiger partial charge in [-0.1, -0.05) is 30.3 Å². The van der Waals surface area contributed by atoms with Crippen LogP contribution >= 0.6 is 0 Å². The maximum atomic E-state index is 13.3. The Labute approximate surface area is 134 Å². The average molecular weight is 314 g/mol. The Morgan fingerprint density at radius 2 is 2.09 bits per heavy atom. The summed E-state index contributed by atoms with van der Waals surface area (Å²) in [5, 5.41) is 15.4. The molecule has 0 fully saturated rings. The molecule has 0 saturated carbocycles. The van der Waals surface area contributed by atoms with Crippen LogP contribution in [0.15, 0.2) is 42.5 Å². The van der Waals surface area contributed by atoms with Gasteiger partial charge in [0, 0.05) is 5.69 Å². The van der Waals surface area contributed by atoms with Gasteiger partial charge >= 0.3 is 6.03 Å². The van der Waals surface area contributed by atoms with Gasteiger partial charge in [0.1, 0.15) is 5.82 Å². The Morgan fingerprint density at radius 3 is 2.87 bits per heavy atom. The number of aryl methyl sites for hydroxylation is 2. The summed E-state index contributed by atoms with van der Waals surface area (Å²) in [6, 6.07) is 11.6. The van der Waals surface area contributed by atoms with E-state index in [0.717, 1.165) is 23.1 Å². The fourth-order valence-electron chi connectivity index (χ4n) is 3.12. The van der Waals surface area contributed by atoms with Crippen molar-refractivity contribution < 1.29 is 14.3 Å². The quantitative estimate of drug-likeness (QED) is 0.815. The van der Waals surface area contributed by atoms with Crippen molar-refractivity contribution in [2.45, 2.75) is 25.3 Å². The third kappa shape index (κ3) is 2.92. The van der Waals surface area contributed by atoms with Gasteiger partial charge in [-0.2, -0.15) is 0 Å². The largest absolute Gasteiger partial charge is 0.394 e. The third-order valence-corrected chi connectivity index (χ3v) is 4.42. The number of urea groups is 1. The number of halogens is 1. The van der Waals surface area contributed by atoms with Gasteiger partial charge in [-0.3, -0.25) is 0 Å². The van der Waals surface area contributed by atoms with E-state index in [9.17, 15) is 14.3 Å². The minimum Gasteiger partial charge on any atom is -0.394 e. The number of amides is 2. The van der Waals surface area contributed by atoms with Crippen molar-refractivity contribution in [1.82, 2.24) is 5.32 Å². The summed E-state index contributed by atoms with van der Waals surface area (Å²) in [5.74, 6) is -0.408. The van der Waals surface area contributed by atoms with Crippen LogP contribution in [0.1, 0.15) is 23.1 Å². The number of hydrogen-bond donors (Lipinski definition) is 3. The molecule has 2 amide bonds. The normalized spacial score (nSPS) is 19.3. The van der Waals surface area contributed by atoms with Gasteiger partial charge < -0.3 is 15.7 Å². The Balaban J connectivity index is 1.80. The summed E-state index contributed by atoms with van der Waals surface area (Å²) >= 11 is 0. The summed E-state index contributed by atoms with van der Waals surface area (Å²) in [7, 11) is 0. The first-order chi connectivity index (χ1) is 11.0.